The number of carboxylic acids is 1. The van der Waals surface area contributed by atoms with Crippen LogP contribution in [0.2, 0.25) is 0 Å². The number of aliphatic carboxylic acids is 1. The van der Waals surface area contributed by atoms with Gasteiger partial charge in [-0.25, -0.2) is 9.97 Å². The summed E-state index contributed by atoms with van der Waals surface area (Å²) >= 11 is 0. The van der Waals surface area contributed by atoms with E-state index in [4.69, 9.17) is 9.97 Å². The summed E-state index contributed by atoms with van der Waals surface area (Å²) in [6.45, 7) is 3.77. The number of carboxylic acid groups (broad SMARTS) is 1. The second kappa shape index (κ2) is 12.3. The van der Waals surface area contributed by atoms with Crippen molar-refractivity contribution in [1.29, 1.82) is 0 Å². The SMILES string of the molecule is CCC(NCc1nc2c(c(N[C@@H](CN3C4CCCC3CCC4)c3cnn(C)c3)n1)C[C@H](c1ccccc1)CC2)C12CC(C(=O)O)(C1)C2. The predicted octanol–water partition coefficient (Wildman–Crippen LogP) is 6.17. The molecule has 0 spiro atoms. The first kappa shape index (κ1) is 31.0. The molecule has 2 aliphatic heterocycles. The average molecular weight is 638 g/mol. The van der Waals surface area contributed by atoms with Gasteiger partial charge in [0.05, 0.1) is 24.2 Å². The van der Waals surface area contributed by atoms with Gasteiger partial charge in [0, 0.05) is 54.7 Å². The lowest BCUT2D eigenvalue weighted by Crippen LogP contribution is -2.71. The Morgan fingerprint density at radius 1 is 1.04 bits per heavy atom. The molecule has 9 rings (SSSR count). The van der Waals surface area contributed by atoms with Crippen molar-refractivity contribution in [3.63, 3.8) is 0 Å². The third-order valence-corrected chi connectivity index (χ3v) is 12.7. The van der Waals surface area contributed by atoms with Crippen LogP contribution in [-0.4, -0.2) is 60.4 Å². The predicted molar refractivity (Wildman–Crippen MR) is 182 cm³/mol. The minimum Gasteiger partial charge on any atom is -0.481 e. The first-order chi connectivity index (χ1) is 22.8. The highest BCUT2D eigenvalue weighted by atomic mass is 16.4. The molecular formula is C38H51N7O2. The highest BCUT2D eigenvalue weighted by Crippen LogP contribution is 2.75. The van der Waals surface area contributed by atoms with Crippen molar-refractivity contribution in [2.45, 2.75) is 127 Å². The molecule has 47 heavy (non-hydrogen) atoms. The molecule has 6 aliphatic rings. The van der Waals surface area contributed by atoms with Crippen LogP contribution in [0.5, 0.6) is 0 Å². The molecule has 1 aromatic carbocycles. The number of fused-ring (bicyclic) bond motifs is 3. The number of aromatic nitrogens is 4. The van der Waals surface area contributed by atoms with E-state index in [1.807, 2.05) is 17.9 Å². The van der Waals surface area contributed by atoms with Gasteiger partial charge in [-0.3, -0.25) is 14.4 Å². The Bertz CT molecular complexity index is 1560. The summed E-state index contributed by atoms with van der Waals surface area (Å²) in [5.41, 5.74) is 4.69. The van der Waals surface area contributed by atoms with Crippen molar-refractivity contribution in [3.05, 3.63) is 70.9 Å². The largest absolute Gasteiger partial charge is 0.481 e. The number of nitrogens with zero attached hydrogens (tertiary/aromatic N) is 5. The maximum absolute atomic E-state index is 11.8. The maximum Gasteiger partial charge on any atom is 0.309 e. The Morgan fingerprint density at radius 2 is 1.77 bits per heavy atom. The second-order valence-corrected chi connectivity index (χ2v) is 15.6. The first-order valence-electron chi connectivity index (χ1n) is 18.3. The van der Waals surface area contributed by atoms with E-state index in [-0.39, 0.29) is 17.5 Å². The Hall–Kier alpha value is -3.30. The quantitative estimate of drug-likeness (QED) is 0.217. The van der Waals surface area contributed by atoms with E-state index in [9.17, 15) is 9.90 Å². The first-order valence-corrected chi connectivity index (χ1v) is 18.3. The van der Waals surface area contributed by atoms with Gasteiger partial charge in [0.15, 0.2) is 0 Å². The van der Waals surface area contributed by atoms with Crippen LogP contribution in [0.25, 0.3) is 0 Å². The molecule has 3 aromatic rings. The molecule has 9 heteroatoms. The van der Waals surface area contributed by atoms with Crippen LogP contribution in [0.4, 0.5) is 5.82 Å². The van der Waals surface area contributed by atoms with Gasteiger partial charge < -0.3 is 15.7 Å². The zero-order valence-electron chi connectivity index (χ0n) is 28.1. The molecule has 4 aliphatic carbocycles. The maximum atomic E-state index is 11.8. The summed E-state index contributed by atoms with van der Waals surface area (Å²) in [7, 11) is 2.01. The number of nitrogens with one attached hydrogen (secondary N) is 2. The molecule has 3 N–H and O–H groups in total. The summed E-state index contributed by atoms with van der Waals surface area (Å²) in [4.78, 5) is 25.1. The smallest absolute Gasteiger partial charge is 0.309 e. The molecule has 9 nitrogen and oxygen atoms in total. The third kappa shape index (κ3) is 5.67. The van der Waals surface area contributed by atoms with Crippen LogP contribution >= 0.6 is 0 Å². The molecule has 0 amide bonds. The third-order valence-electron chi connectivity index (χ3n) is 12.7. The number of aryl methyl sites for hydroxylation is 2. The lowest BCUT2D eigenvalue weighted by atomic mass is 9.33. The van der Waals surface area contributed by atoms with Crippen molar-refractivity contribution in [3.8, 4) is 0 Å². The van der Waals surface area contributed by atoms with Crippen molar-refractivity contribution in [1.82, 2.24) is 30.0 Å². The number of hydrogen-bond acceptors (Lipinski definition) is 7. The zero-order valence-corrected chi connectivity index (χ0v) is 28.1. The molecule has 250 valence electrons. The van der Waals surface area contributed by atoms with E-state index in [0.717, 1.165) is 63.1 Å². The van der Waals surface area contributed by atoms with Crippen LogP contribution in [0, 0.1) is 10.8 Å². The number of anilines is 1. The van der Waals surface area contributed by atoms with Crippen LogP contribution < -0.4 is 10.6 Å². The highest BCUT2D eigenvalue weighted by molar-refractivity contribution is 5.79. The van der Waals surface area contributed by atoms with Crippen LogP contribution in [0.15, 0.2) is 42.7 Å². The summed E-state index contributed by atoms with van der Waals surface area (Å²) in [6, 6.07) is 12.6. The fourth-order valence-corrected chi connectivity index (χ4v) is 10.3. The molecule has 3 saturated carbocycles. The topological polar surface area (TPSA) is 108 Å². The van der Waals surface area contributed by atoms with Gasteiger partial charge in [0.1, 0.15) is 11.6 Å². The molecule has 4 heterocycles. The van der Waals surface area contributed by atoms with Gasteiger partial charge in [-0.05, 0) is 87.5 Å². The number of piperidine rings is 2. The number of benzene rings is 1. The monoisotopic (exact) mass is 637 g/mol. The standard InChI is InChI=1S/C38H51N7O2/c1-3-33(37-22-38(23-37,24-37)36(46)47)39-19-34-41-31-16-15-26(25-9-5-4-6-10-25)17-30(31)35(43-34)42-32(27-18-40-44(2)20-27)21-45-28-11-7-12-29(45)14-8-13-28/h4-6,9-10,18,20,26,28-29,32-33,39H,3,7-8,11-17,19,21-24H2,1-2H3,(H,46,47)(H,41,42,43)/t26-,28?,29?,32+,33?,37?,38?/m1/s1. The summed E-state index contributed by atoms with van der Waals surface area (Å²) in [5, 5.41) is 22.1. The van der Waals surface area contributed by atoms with Crippen molar-refractivity contribution in [2.75, 3.05) is 11.9 Å². The minimum absolute atomic E-state index is 0.0817. The number of carbonyl (C=O) groups is 1. The van der Waals surface area contributed by atoms with Crippen LogP contribution in [-0.2, 0) is 31.2 Å². The lowest BCUT2D eigenvalue weighted by Gasteiger charge is -2.71. The minimum atomic E-state index is -0.617. The fraction of sp³-hybridized carbons (Fsp3) is 0.632. The molecule has 0 radical (unpaired) electrons. The molecular weight excluding hydrogens is 586 g/mol. The van der Waals surface area contributed by atoms with Gasteiger partial charge >= 0.3 is 5.97 Å². The molecule has 5 fully saturated rings. The van der Waals surface area contributed by atoms with Crippen LogP contribution in [0.1, 0.15) is 118 Å². The van der Waals surface area contributed by atoms with Crippen LogP contribution in [0.3, 0.4) is 0 Å². The van der Waals surface area contributed by atoms with E-state index in [0.29, 0.717) is 24.5 Å². The van der Waals surface area contributed by atoms with Gasteiger partial charge in [-0.15, -0.1) is 0 Å². The summed E-state index contributed by atoms with van der Waals surface area (Å²) in [5.74, 6) is 1.65. The number of rotatable bonds is 12. The number of hydrogen-bond donors (Lipinski definition) is 3. The Balaban J connectivity index is 1.09. The molecule has 1 unspecified atom stereocenters. The highest BCUT2D eigenvalue weighted by Gasteiger charge is 2.73. The Morgan fingerprint density at radius 3 is 2.40 bits per heavy atom. The van der Waals surface area contributed by atoms with E-state index in [1.54, 1.807) is 0 Å². The molecule has 2 aromatic heterocycles. The van der Waals surface area contributed by atoms with Gasteiger partial charge in [0.2, 0.25) is 0 Å². The lowest BCUT2D eigenvalue weighted by molar-refractivity contribution is -0.233. The van der Waals surface area contributed by atoms with Crippen molar-refractivity contribution in [2.24, 2.45) is 17.9 Å². The van der Waals surface area contributed by atoms with Gasteiger partial charge in [-0.2, -0.15) is 5.10 Å². The second-order valence-electron chi connectivity index (χ2n) is 15.6. The Labute approximate surface area is 279 Å². The van der Waals surface area contributed by atoms with Crippen molar-refractivity contribution < 1.29 is 9.90 Å². The molecule has 3 atom stereocenters. The summed E-state index contributed by atoms with van der Waals surface area (Å²) < 4.78 is 1.92. The molecule has 4 bridgehead atoms. The summed E-state index contributed by atoms with van der Waals surface area (Å²) in [6.07, 6.45) is 18.5. The normalized spacial score (nSPS) is 30.8. The zero-order chi connectivity index (χ0) is 32.2. The van der Waals surface area contributed by atoms with Gasteiger partial charge in [0.25, 0.3) is 0 Å². The van der Waals surface area contributed by atoms with E-state index in [1.165, 1.54) is 60.9 Å². The van der Waals surface area contributed by atoms with E-state index < -0.39 is 11.4 Å². The Kier molecular flexibility index (Phi) is 8.11. The average Bonchev–Trinajstić information content (AvgIpc) is 3.47. The van der Waals surface area contributed by atoms with Crippen molar-refractivity contribution >= 4 is 11.8 Å². The van der Waals surface area contributed by atoms with E-state index >= 15 is 0 Å². The van der Waals surface area contributed by atoms with E-state index in [2.05, 4.69) is 64.1 Å². The molecule has 2 saturated heterocycles. The fourth-order valence-electron chi connectivity index (χ4n) is 10.3. The van der Waals surface area contributed by atoms with Gasteiger partial charge in [-0.1, -0.05) is 50.1 Å².